The summed E-state index contributed by atoms with van der Waals surface area (Å²) >= 11 is 0. The third-order valence-electron chi connectivity index (χ3n) is 3.24. The molecule has 0 radical (unpaired) electrons. The van der Waals surface area contributed by atoms with Crippen LogP contribution in [0, 0.1) is 5.92 Å². The molecule has 6 nitrogen and oxygen atoms in total. The van der Waals surface area contributed by atoms with Crippen LogP contribution in [0.5, 0.6) is 0 Å². The van der Waals surface area contributed by atoms with E-state index in [-0.39, 0.29) is 17.9 Å². The molecule has 0 aromatic carbocycles. The zero-order chi connectivity index (χ0) is 14.5. The lowest BCUT2D eigenvalue weighted by atomic mass is 10.0. The van der Waals surface area contributed by atoms with Crippen molar-refractivity contribution in [1.82, 2.24) is 14.9 Å². The van der Waals surface area contributed by atoms with Gasteiger partial charge >= 0.3 is 0 Å². The number of nitrogens with one attached hydrogen (secondary N) is 2. The molecule has 0 aromatic rings. The molecule has 0 aromatic heterocycles. The first-order chi connectivity index (χ1) is 8.83. The molecule has 1 fully saturated rings. The monoisotopic (exact) mass is 291 g/mol. The Hall–Kier alpha value is -0.660. The van der Waals surface area contributed by atoms with E-state index in [9.17, 15) is 13.2 Å². The maximum atomic E-state index is 12.2. The zero-order valence-electron chi connectivity index (χ0n) is 12.0. The van der Waals surface area contributed by atoms with Crippen molar-refractivity contribution in [3.05, 3.63) is 0 Å². The van der Waals surface area contributed by atoms with Gasteiger partial charge in [0.2, 0.25) is 15.9 Å². The number of carbonyl (C=O) groups excluding carboxylic acids is 1. The Balaban J connectivity index is 2.52. The number of piperidine rings is 1. The molecule has 1 aliphatic heterocycles. The maximum absolute atomic E-state index is 12.2. The van der Waals surface area contributed by atoms with E-state index < -0.39 is 10.0 Å². The molecule has 0 spiro atoms. The molecular weight excluding hydrogens is 266 g/mol. The van der Waals surface area contributed by atoms with Gasteiger partial charge in [-0.05, 0) is 19.4 Å². The number of nitrogens with zero attached hydrogens (tertiary/aromatic N) is 1. The topological polar surface area (TPSA) is 78.5 Å². The number of hydrogen-bond donors (Lipinski definition) is 2. The smallest absolute Gasteiger partial charge is 0.226 e. The Kier molecular flexibility index (Phi) is 6.22. The Bertz CT molecular complexity index is 397. The fraction of sp³-hybridized carbons (Fsp3) is 0.917. The average molecular weight is 291 g/mol. The van der Waals surface area contributed by atoms with Crippen molar-refractivity contribution in [3.63, 3.8) is 0 Å². The molecule has 0 bridgehead atoms. The summed E-state index contributed by atoms with van der Waals surface area (Å²) in [5, 5.41) is 3.16. The lowest BCUT2D eigenvalue weighted by Crippen LogP contribution is -2.51. The van der Waals surface area contributed by atoms with Crippen molar-refractivity contribution >= 4 is 15.9 Å². The molecule has 0 aliphatic carbocycles. The fourth-order valence-corrected chi connectivity index (χ4v) is 3.13. The molecule has 19 heavy (non-hydrogen) atoms. The lowest BCUT2D eigenvalue weighted by molar-refractivity contribution is -0.136. The second-order valence-corrected chi connectivity index (χ2v) is 7.00. The molecule has 1 heterocycles. The predicted octanol–water partition coefficient (Wildman–Crippen LogP) is -0.228. The minimum absolute atomic E-state index is 0.0723. The maximum Gasteiger partial charge on any atom is 0.226 e. The molecule has 0 saturated carbocycles. The summed E-state index contributed by atoms with van der Waals surface area (Å²) in [4.78, 5) is 14.0. The number of carbonyl (C=O) groups is 1. The van der Waals surface area contributed by atoms with E-state index in [1.165, 1.54) is 0 Å². The van der Waals surface area contributed by atoms with E-state index in [4.69, 9.17) is 0 Å². The summed E-state index contributed by atoms with van der Waals surface area (Å²) in [5.74, 6) is 0.0258. The largest absolute Gasteiger partial charge is 0.341 e. The average Bonchev–Trinajstić information content (AvgIpc) is 2.33. The molecule has 1 saturated heterocycles. The number of amides is 1. The van der Waals surface area contributed by atoms with Crippen molar-refractivity contribution in [1.29, 1.82) is 0 Å². The number of hydrogen-bond acceptors (Lipinski definition) is 4. The van der Waals surface area contributed by atoms with Gasteiger partial charge in [-0.25, -0.2) is 13.1 Å². The molecule has 2 N–H and O–H groups in total. The zero-order valence-corrected chi connectivity index (χ0v) is 12.8. The van der Waals surface area contributed by atoms with Crippen LogP contribution in [0.2, 0.25) is 0 Å². The van der Waals surface area contributed by atoms with Gasteiger partial charge in [0.15, 0.2) is 0 Å². The van der Waals surface area contributed by atoms with Crippen LogP contribution in [0.25, 0.3) is 0 Å². The van der Waals surface area contributed by atoms with Crippen LogP contribution in [-0.2, 0) is 14.8 Å². The first-order valence-corrected chi connectivity index (χ1v) is 8.69. The van der Waals surface area contributed by atoms with Crippen LogP contribution < -0.4 is 10.0 Å². The summed E-state index contributed by atoms with van der Waals surface area (Å²) < 4.78 is 25.0. The minimum atomic E-state index is -3.21. The number of sulfonamides is 1. The summed E-state index contributed by atoms with van der Waals surface area (Å²) in [6.07, 6.45) is 2.78. The summed E-state index contributed by atoms with van der Waals surface area (Å²) in [5.41, 5.74) is 0. The Labute approximate surface area is 116 Å². The van der Waals surface area contributed by atoms with Crippen molar-refractivity contribution in [2.45, 2.75) is 32.7 Å². The summed E-state index contributed by atoms with van der Waals surface area (Å²) in [6.45, 7) is 6.61. The normalized spacial score (nSPS) is 22.3. The molecule has 1 rings (SSSR count). The predicted molar refractivity (Wildman–Crippen MR) is 75.3 cm³/mol. The minimum Gasteiger partial charge on any atom is -0.341 e. The molecule has 112 valence electrons. The molecule has 2 atom stereocenters. The van der Waals surface area contributed by atoms with Crippen LogP contribution in [0.1, 0.15) is 26.7 Å². The summed E-state index contributed by atoms with van der Waals surface area (Å²) in [6, 6.07) is -0.154. The van der Waals surface area contributed by atoms with Crippen LogP contribution in [0.15, 0.2) is 0 Å². The summed E-state index contributed by atoms with van der Waals surface area (Å²) in [7, 11) is -3.21. The van der Waals surface area contributed by atoms with Gasteiger partial charge in [0.05, 0.1) is 6.26 Å². The first-order valence-electron chi connectivity index (χ1n) is 6.80. The first kappa shape index (κ1) is 16.4. The van der Waals surface area contributed by atoms with Crippen molar-refractivity contribution < 1.29 is 13.2 Å². The van der Waals surface area contributed by atoms with Crippen LogP contribution >= 0.6 is 0 Å². The molecular formula is C12H25N3O3S. The van der Waals surface area contributed by atoms with Crippen LogP contribution in [0.4, 0.5) is 0 Å². The van der Waals surface area contributed by atoms with E-state index in [2.05, 4.69) is 10.0 Å². The van der Waals surface area contributed by atoms with Crippen molar-refractivity contribution in [2.75, 3.05) is 32.4 Å². The van der Waals surface area contributed by atoms with Crippen LogP contribution in [0.3, 0.4) is 0 Å². The van der Waals surface area contributed by atoms with Crippen molar-refractivity contribution in [3.8, 4) is 0 Å². The lowest BCUT2D eigenvalue weighted by Gasteiger charge is -2.34. The van der Waals surface area contributed by atoms with Gasteiger partial charge in [-0.3, -0.25) is 4.79 Å². The number of likely N-dealkylation sites (tertiary alicyclic amines) is 1. The highest BCUT2D eigenvalue weighted by Gasteiger charge is 2.27. The Morgan fingerprint density at radius 3 is 2.74 bits per heavy atom. The number of rotatable bonds is 6. The van der Waals surface area contributed by atoms with Gasteiger partial charge < -0.3 is 10.2 Å². The van der Waals surface area contributed by atoms with Gasteiger partial charge in [0.1, 0.15) is 0 Å². The third-order valence-corrected chi connectivity index (χ3v) is 4.00. The highest BCUT2D eigenvalue weighted by atomic mass is 32.2. The highest BCUT2D eigenvalue weighted by Crippen LogP contribution is 2.13. The van der Waals surface area contributed by atoms with Gasteiger partial charge in [-0.2, -0.15) is 0 Å². The van der Waals surface area contributed by atoms with Crippen molar-refractivity contribution in [2.24, 2.45) is 5.92 Å². The second kappa shape index (κ2) is 7.21. The third kappa shape index (κ3) is 5.88. The standard InChI is InChI=1S/C12H25N3O3S/c1-4-13-8-10(2)12(16)15-7-5-6-11(9-15)14-19(3,17)18/h10-11,13-14H,4-9H2,1-3H3. The Morgan fingerprint density at radius 2 is 2.16 bits per heavy atom. The molecule has 2 unspecified atom stereocenters. The SMILES string of the molecule is CCNCC(C)C(=O)N1CCCC(NS(C)(=O)=O)C1. The molecule has 7 heteroatoms. The van der Waals surface area contributed by atoms with Gasteiger partial charge in [-0.15, -0.1) is 0 Å². The van der Waals surface area contributed by atoms with Gasteiger partial charge in [0.25, 0.3) is 0 Å². The van der Waals surface area contributed by atoms with E-state index in [1.54, 1.807) is 4.90 Å². The molecule has 1 aliphatic rings. The second-order valence-electron chi connectivity index (χ2n) is 5.22. The van der Waals surface area contributed by atoms with E-state index in [0.29, 0.717) is 13.1 Å². The quantitative estimate of drug-likeness (QED) is 0.709. The van der Waals surface area contributed by atoms with Crippen LogP contribution in [-0.4, -0.2) is 57.7 Å². The van der Waals surface area contributed by atoms with Gasteiger partial charge in [0, 0.05) is 31.6 Å². The van der Waals surface area contributed by atoms with E-state index in [1.807, 2.05) is 13.8 Å². The fourth-order valence-electron chi connectivity index (χ4n) is 2.34. The van der Waals surface area contributed by atoms with E-state index in [0.717, 1.165) is 32.2 Å². The Morgan fingerprint density at radius 1 is 1.47 bits per heavy atom. The van der Waals surface area contributed by atoms with E-state index >= 15 is 0 Å². The highest BCUT2D eigenvalue weighted by molar-refractivity contribution is 7.88. The molecule has 1 amide bonds. The van der Waals surface area contributed by atoms with Gasteiger partial charge in [-0.1, -0.05) is 13.8 Å².